The van der Waals surface area contributed by atoms with E-state index in [1.165, 1.54) is 4.90 Å². The van der Waals surface area contributed by atoms with Crippen LogP contribution in [0.15, 0.2) is 58.7 Å². The Kier molecular flexibility index (Phi) is 4.90. The van der Waals surface area contributed by atoms with Crippen LogP contribution < -0.4 is 10.2 Å². The topological polar surface area (TPSA) is 52.7 Å². The maximum absolute atomic E-state index is 12.5. The Morgan fingerprint density at radius 1 is 1.12 bits per heavy atom. The number of hydrogen-bond donors (Lipinski definition) is 1. The van der Waals surface area contributed by atoms with Gasteiger partial charge in [0.05, 0.1) is 12.2 Å². The third-order valence-corrected chi connectivity index (χ3v) is 4.55. The highest BCUT2D eigenvalue weighted by Crippen LogP contribution is 2.27. The molecule has 0 atom stereocenters. The van der Waals surface area contributed by atoms with E-state index < -0.39 is 6.03 Å². The van der Waals surface area contributed by atoms with E-state index in [2.05, 4.69) is 21.2 Å². The van der Waals surface area contributed by atoms with Crippen molar-refractivity contribution in [2.24, 2.45) is 0 Å². The van der Waals surface area contributed by atoms with Gasteiger partial charge in [-0.25, -0.2) is 4.79 Å². The quantitative estimate of drug-likeness (QED) is 0.630. The summed E-state index contributed by atoms with van der Waals surface area (Å²) in [6, 6.07) is 14.8. The Morgan fingerprint density at radius 2 is 1.84 bits per heavy atom. The van der Waals surface area contributed by atoms with Gasteiger partial charge >= 0.3 is 6.03 Å². The van der Waals surface area contributed by atoms with Crippen LogP contribution in [0.5, 0.6) is 0 Å². The van der Waals surface area contributed by atoms with Crippen LogP contribution in [-0.2, 0) is 11.3 Å². The van der Waals surface area contributed by atoms with Gasteiger partial charge in [0.2, 0.25) is 0 Å². The number of anilines is 1. The normalized spacial score (nSPS) is 15.6. The SMILES string of the molecule is CN(C)c1ccc(/C=C2/NC(=O)N(Cc3ccccc3)C2=O)cc1Br. The minimum Gasteiger partial charge on any atom is -0.377 e. The highest BCUT2D eigenvalue weighted by molar-refractivity contribution is 9.10. The van der Waals surface area contributed by atoms with Gasteiger partial charge in [0.1, 0.15) is 5.70 Å². The van der Waals surface area contributed by atoms with E-state index in [0.29, 0.717) is 0 Å². The van der Waals surface area contributed by atoms with Crippen molar-refractivity contribution < 1.29 is 9.59 Å². The molecule has 1 saturated heterocycles. The lowest BCUT2D eigenvalue weighted by Crippen LogP contribution is -2.30. The average Bonchev–Trinajstić information content (AvgIpc) is 2.83. The zero-order chi connectivity index (χ0) is 18.0. The number of carbonyl (C=O) groups excluding carboxylic acids is 2. The van der Waals surface area contributed by atoms with Crippen LogP contribution in [0.1, 0.15) is 11.1 Å². The Bertz CT molecular complexity index is 847. The largest absolute Gasteiger partial charge is 0.377 e. The second-order valence-corrected chi connectivity index (χ2v) is 6.82. The number of amides is 3. The summed E-state index contributed by atoms with van der Waals surface area (Å²) in [7, 11) is 3.92. The van der Waals surface area contributed by atoms with Crippen LogP contribution >= 0.6 is 15.9 Å². The van der Waals surface area contributed by atoms with Gasteiger partial charge in [-0.3, -0.25) is 9.69 Å². The molecule has 1 heterocycles. The zero-order valence-electron chi connectivity index (χ0n) is 14.0. The standard InChI is InChI=1S/C19H18BrN3O2/c1-22(2)17-9-8-14(10-15(17)20)11-16-18(24)23(19(25)21-16)12-13-6-4-3-5-7-13/h3-11H,12H2,1-2H3,(H,21,25)/b16-11+. The molecule has 1 aliphatic rings. The van der Waals surface area contributed by atoms with Crippen LogP contribution in [0.2, 0.25) is 0 Å². The smallest absolute Gasteiger partial charge is 0.329 e. The van der Waals surface area contributed by atoms with Crippen molar-refractivity contribution in [1.29, 1.82) is 0 Å². The molecule has 0 saturated carbocycles. The fourth-order valence-electron chi connectivity index (χ4n) is 2.62. The second kappa shape index (κ2) is 7.11. The van der Waals surface area contributed by atoms with Gasteiger partial charge in [-0.1, -0.05) is 36.4 Å². The van der Waals surface area contributed by atoms with Gasteiger partial charge in [-0.05, 0) is 45.3 Å². The van der Waals surface area contributed by atoms with Crippen molar-refractivity contribution in [3.8, 4) is 0 Å². The monoisotopic (exact) mass is 399 g/mol. The highest BCUT2D eigenvalue weighted by atomic mass is 79.9. The number of nitrogens with one attached hydrogen (secondary N) is 1. The molecule has 0 aliphatic carbocycles. The Labute approximate surface area is 155 Å². The van der Waals surface area contributed by atoms with Gasteiger partial charge in [0.25, 0.3) is 5.91 Å². The molecule has 3 amide bonds. The average molecular weight is 400 g/mol. The number of carbonyl (C=O) groups is 2. The van der Waals surface area contributed by atoms with Gasteiger partial charge in [0, 0.05) is 18.6 Å². The van der Waals surface area contributed by atoms with Gasteiger partial charge in [0.15, 0.2) is 0 Å². The summed E-state index contributed by atoms with van der Waals surface area (Å²) < 4.78 is 0.921. The summed E-state index contributed by atoms with van der Waals surface area (Å²) in [5.41, 5.74) is 3.06. The molecule has 1 fully saturated rings. The molecule has 5 nitrogen and oxygen atoms in total. The van der Waals surface area contributed by atoms with Gasteiger partial charge in [-0.2, -0.15) is 0 Å². The lowest BCUT2D eigenvalue weighted by atomic mass is 10.1. The number of imide groups is 1. The first-order valence-electron chi connectivity index (χ1n) is 7.81. The molecule has 6 heteroatoms. The number of nitrogens with zero attached hydrogens (tertiary/aromatic N) is 2. The van der Waals surface area contributed by atoms with E-state index in [-0.39, 0.29) is 18.1 Å². The molecule has 3 rings (SSSR count). The predicted octanol–water partition coefficient (Wildman–Crippen LogP) is 3.61. The maximum atomic E-state index is 12.5. The summed E-state index contributed by atoms with van der Waals surface area (Å²) in [6.07, 6.45) is 1.69. The minimum atomic E-state index is -0.399. The summed E-state index contributed by atoms with van der Waals surface area (Å²) in [4.78, 5) is 27.9. The Morgan fingerprint density at radius 3 is 2.48 bits per heavy atom. The molecule has 1 aliphatic heterocycles. The first kappa shape index (κ1) is 17.2. The van der Waals surface area contributed by atoms with E-state index in [4.69, 9.17) is 0 Å². The van der Waals surface area contributed by atoms with Crippen LogP contribution in [-0.4, -0.2) is 30.9 Å². The Balaban J connectivity index is 1.82. The van der Waals surface area contributed by atoms with E-state index in [1.54, 1.807) is 6.08 Å². The second-order valence-electron chi connectivity index (χ2n) is 5.97. The zero-order valence-corrected chi connectivity index (χ0v) is 15.6. The lowest BCUT2D eigenvalue weighted by Gasteiger charge is -2.14. The molecule has 25 heavy (non-hydrogen) atoms. The molecule has 128 valence electrons. The van der Waals surface area contributed by atoms with Crippen molar-refractivity contribution >= 4 is 39.6 Å². The number of benzene rings is 2. The van der Waals surface area contributed by atoms with E-state index >= 15 is 0 Å². The van der Waals surface area contributed by atoms with Gasteiger partial charge in [-0.15, -0.1) is 0 Å². The predicted molar refractivity (Wildman–Crippen MR) is 102 cm³/mol. The number of urea groups is 1. The summed E-state index contributed by atoms with van der Waals surface area (Å²) in [6.45, 7) is 0.256. The van der Waals surface area contributed by atoms with Gasteiger partial charge < -0.3 is 10.2 Å². The molecular formula is C19H18BrN3O2. The van der Waals surface area contributed by atoms with Crippen molar-refractivity contribution in [1.82, 2.24) is 10.2 Å². The summed E-state index contributed by atoms with van der Waals surface area (Å²) in [5, 5.41) is 2.65. The molecule has 0 aromatic heterocycles. The van der Waals surface area contributed by atoms with Crippen molar-refractivity contribution in [2.45, 2.75) is 6.54 Å². The van der Waals surface area contributed by atoms with Crippen molar-refractivity contribution in [3.05, 3.63) is 69.8 Å². The minimum absolute atomic E-state index is 0.256. The third kappa shape index (κ3) is 3.74. The summed E-state index contributed by atoms with van der Waals surface area (Å²) >= 11 is 3.53. The van der Waals surface area contributed by atoms with Crippen LogP contribution in [0.3, 0.4) is 0 Å². The summed E-state index contributed by atoms with van der Waals surface area (Å²) in [5.74, 6) is -0.318. The van der Waals surface area contributed by atoms with Crippen LogP contribution in [0.4, 0.5) is 10.5 Å². The fraction of sp³-hybridized carbons (Fsp3) is 0.158. The first-order valence-corrected chi connectivity index (χ1v) is 8.60. The Hall–Kier alpha value is -2.60. The number of rotatable bonds is 4. The molecular weight excluding hydrogens is 382 g/mol. The van der Waals surface area contributed by atoms with Crippen molar-refractivity contribution in [2.75, 3.05) is 19.0 Å². The van der Waals surface area contributed by atoms with Crippen LogP contribution in [0.25, 0.3) is 6.08 Å². The van der Waals surface area contributed by atoms with E-state index in [0.717, 1.165) is 21.3 Å². The third-order valence-electron chi connectivity index (χ3n) is 3.91. The molecule has 0 bridgehead atoms. The molecule has 2 aromatic carbocycles. The molecule has 2 aromatic rings. The molecule has 0 spiro atoms. The lowest BCUT2D eigenvalue weighted by molar-refractivity contribution is -0.123. The molecule has 0 unspecified atom stereocenters. The van der Waals surface area contributed by atoms with E-state index in [1.807, 2.05) is 67.5 Å². The highest BCUT2D eigenvalue weighted by Gasteiger charge is 2.33. The number of hydrogen-bond acceptors (Lipinski definition) is 3. The number of halogens is 1. The maximum Gasteiger partial charge on any atom is 0.329 e. The fourth-order valence-corrected chi connectivity index (χ4v) is 3.37. The molecule has 1 N–H and O–H groups in total. The first-order chi connectivity index (χ1) is 12.0. The molecule has 0 radical (unpaired) electrons. The van der Waals surface area contributed by atoms with Crippen LogP contribution in [0, 0.1) is 0 Å². The van der Waals surface area contributed by atoms with E-state index in [9.17, 15) is 9.59 Å². The van der Waals surface area contributed by atoms with Crippen molar-refractivity contribution in [3.63, 3.8) is 0 Å².